The number of carbonyl (C=O) groups excluding carboxylic acids is 3. The Morgan fingerprint density at radius 1 is 1.10 bits per heavy atom. The molecule has 0 saturated carbocycles. The summed E-state index contributed by atoms with van der Waals surface area (Å²) in [5.74, 6) is -3.35. The van der Waals surface area contributed by atoms with Gasteiger partial charge in [0.15, 0.2) is 0 Å². The number of nitrogens with two attached hydrogens (primary N) is 1. The minimum absolute atomic E-state index is 0.0449. The first-order chi connectivity index (χ1) is 14.0. The Labute approximate surface area is 174 Å². The number of rotatable bonds is 12. The summed E-state index contributed by atoms with van der Waals surface area (Å²) in [6.07, 6.45) is 1.69. The SMILES string of the molecule is CC(C)CC(NC(=O)CN)C(=O)NC(C(=O)NC(Cc1cnc[nH]1)C(=O)O)C(C)O. The van der Waals surface area contributed by atoms with Crippen LogP contribution in [0.25, 0.3) is 0 Å². The minimum Gasteiger partial charge on any atom is -0.480 e. The van der Waals surface area contributed by atoms with E-state index in [1.54, 1.807) is 0 Å². The molecule has 0 aromatic carbocycles. The van der Waals surface area contributed by atoms with Crippen molar-refractivity contribution in [2.75, 3.05) is 6.54 Å². The summed E-state index contributed by atoms with van der Waals surface area (Å²) >= 11 is 0. The number of nitrogens with zero attached hydrogens (tertiary/aromatic N) is 1. The first-order valence-electron chi connectivity index (χ1n) is 9.53. The first kappa shape index (κ1) is 25.0. The quantitative estimate of drug-likeness (QED) is 0.196. The lowest BCUT2D eigenvalue weighted by molar-refractivity contribution is -0.143. The number of carbonyl (C=O) groups is 4. The van der Waals surface area contributed by atoms with Gasteiger partial charge in [0.05, 0.1) is 19.0 Å². The van der Waals surface area contributed by atoms with Gasteiger partial charge in [-0.3, -0.25) is 14.4 Å². The second-order valence-corrected chi connectivity index (χ2v) is 7.36. The number of hydrogen-bond donors (Lipinski definition) is 7. The Morgan fingerprint density at radius 3 is 2.23 bits per heavy atom. The van der Waals surface area contributed by atoms with Crippen molar-refractivity contribution in [3.8, 4) is 0 Å². The van der Waals surface area contributed by atoms with E-state index in [1.807, 2.05) is 13.8 Å². The van der Waals surface area contributed by atoms with Gasteiger partial charge in [0, 0.05) is 18.3 Å². The van der Waals surface area contributed by atoms with Crippen molar-refractivity contribution in [1.82, 2.24) is 25.9 Å². The van der Waals surface area contributed by atoms with Crippen molar-refractivity contribution in [1.29, 1.82) is 0 Å². The van der Waals surface area contributed by atoms with Gasteiger partial charge in [0.25, 0.3) is 0 Å². The molecule has 1 rings (SSSR count). The van der Waals surface area contributed by atoms with Gasteiger partial charge in [-0.05, 0) is 19.3 Å². The summed E-state index contributed by atoms with van der Waals surface area (Å²) in [5.41, 5.74) is 5.76. The highest BCUT2D eigenvalue weighted by atomic mass is 16.4. The summed E-state index contributed by atoms with van der Waals surface area (Å²) in [5, 5.41) is 26.5. The average molecular weight is 426 g/mol. The summed E-state index contributed by atoms with van der Waals surface area (Å²) < 4.78 is 0. The number of carboxylic acid groups (broad SMARTS) is 1. The number of amides is 3. The van der Waals surface area contributed by atoms with Crippen molar-refractivity contribution in [3.63, 3.8) is 0 Å². The van der Waals surface area contributed by atoms with Gasteiger partial charge in [0.1, 0.15) is 18.1 Å². The van der Waals surface area contributed by atoms with Crippen LogP contribution in [0.3, 0.4) is 0 Å². The lowest BCUT2D eigenvalue weighted by Gasteiger charge is -2.26. The van der Waals surface area contributed by atoms with Gasteiger partial charge < -0.3 is 36.9 Å². The number of imidazole rings is 1. The molecule has 12 nitrogen and oxygen atoms in total. The van der Waals surface area contributed by atoms with Gasteiger partial charge in [-0.1, -0.05) is 13.8 Å². The molecule has 12 heteroatoms. The number of aromatic nitrogens is 2. The number of carboxylic acids is 1. The molecule has 0 fully saturated rings. The number of hydrogen-bond acceptors (Lipinski definition) is 7. The molecule has 0 aliphatic heterocycles. The molecule has 0 radical (unpaired) electrons. The summed E-state index contributed by atoms with van der Waals surface area (Å²) in [6, 6.07) is -3.69. The molecule has 3 amide bonds. The van der Waals surface area contributed by atoms with Crippen molar-refractivity contribution in [2.24, 2.45) is 11.7 Å². The first-order valence-corrected chi connectivity index (χ1v) is 9.53. The molecule has 4 unspecified atom stereocenters. The smallest absolute Gasteiger partial charge is 0.326 e. The molecule has 1 heterocycles. The van der Waals surface area contributed by atoms with Crippen molar-refractivity contribution in [3.05, 3.63) is 18.2 Å². The number of aliphatic hydroxyl groups is 1. The third-order valence-electron chi connectivity index (χ3n) is 4.20. The molecule has 0 bridgehead atoms. The van der Waals surface area contributed by atoms with E-state index in [0.29, 0.717) is 5.69 Å². The number of aliphatic hydroxyl groups excluding tert-OH is 1. The maximum atomic E-state index is 12.6. The van der Waals surface area contributed by atoms with Crippen LogP contribution >= 0.6 is 0 Å². The number of nitrogens with one attached hydrogen (secondary N) is 4. The molecular formula is C18H30N6O6. The van der Waals surface area contributed by atoms with Crippen LogP contribution < -0.4 is 21.7 Å². The predicted octanol–water partition coefficient (Wildman–Crippen LogP) is -2.12. The van der Waals surface area contributed by atoms with Crippen LogP contribution in [0.1, 0.15) is 32.9 Å². The fourth-order valence-electron chi connectivity index (χ4n) is 2.69. The Bertz CT molecular complexity index is 721. The fourth-order valence-corrected chi connectivity index (χ4v) is 2.69. The highest BCUT2D eigenvalue weighted by Crippen LogP contribution is 2.07. The lowest BCUT2D eigenvalue weighted by Crippen LogP contribution is -2.59. The zero-order valence-corrected chi connectivity index (χ0v) is 17.2. The normalized spacial score (nSPS) is 15.0. The van der Waals surface area contributed by atoms with E-state index in [1.165, 1.54) is 19.4 Å². The van der Waals surface area contributed by atoms with Crippen LogP contribution in [0.2, 0.25) is 0 Å². The molecule has 1 aromatic rings. The van der Waals surface area contributed by atoms with E-state index in [2.05, 4.69) is 25.9 Å². The summed E-state index contributed by atoms with van der Waals surface area (Å²) in [6.45, 7) is 4.67. The standard InChI is InChI=1S/C18H30N6O6/c1-9(2)4-12(22-14(26)6-19)16(27)24-15(10(3)25)17(28)23-13(18(29)30)5-11-7-20-8-21-11/h7-10,12-13,15,25H,4-6,19H2,1-3H3,(H,20,21)(H,22,26)(H,23,28)(H,24,27)(H,29,30). The second-order valence-electron chi connectivity index (χ2n) is 7.36. The Kier molecular flexibility index (Phi) is 9.92. The largest absolute Gasteiger partial charge is 0.480 e. The van der Waals surface area contributed by atoms with E-state index in [9.17, 15) is 29.4 Å². The third kappa shape index (κ3) is 8.17. The molecule has 30 heavy (non-hydrogen) atoms. The van der Waals surface area contributed by atoms with E-state index in [0.717, 1.165) is 0 Å². The van der Waals surface area contributed by atoms with E-state index < -0.39 is 47.9 Å². The zero-order valence-electron chi connectivity index (χ0n) is 17.2. The molecule has 0 aliphatic rings. The lowest BCUT2D eigenvalue weighted by atomic mass is 10.0. The maximum absolute atomic E-state index is 12.6. The molecule has 8 N–H and O–H groups in total. The van der Waals surface area contributed by atoms with Crippen LogP contribution in [0, 0.1) is 5.92 Å². The third-order valence-corrected chi connectivity index (χ3v) is 4.20. The van der Waals surface area contributed by atoms with E-state index in [4.69, 9.17) is 5.73 Å². The average Bonchev–Trinajstić information content (AvgIpc) is 3.16. The van der Waals surface area contributed by atoms with Crippen LogP contribution in [0.5, 0.6) is 0 Å². The highest BCUT2D eigenvalue weighted by molar-refractivity contribution is 5.93. The van der Waals surface area contributed by atoms with Gasteiger partial charge >= 0.3 is 5.97 Å². The number of H-pyrrole nitrogens is 1. The van der Waals surface area contributed by atoms with Gasteiger partial charge in [-0.25, -0.2) is 9.78 Å². The molecule has 1 aromatic heterocycles. The molecule has 0 aliphatic carbocycles. The minimum atomic E-state index is -1.43. The van der Waals surface area contributed by atoms with Gasteiger partial charge in [0.2, 0.25) is 17.7 Å². The van der Waals surface area contributed by atoms with E-state index in [-0.39, 0.29) is 25.3 Å². The second kappa shape index (κ2) is 11.9. The number of aromatic amines is 1. The van der Waals surface area contributed by atoms with Crippen LogP contribution in [0.15, 0.2) is 12.5 Å². The Morgan fingerprint density at radius 2 is 1.77 bits per heavy atom. The van der Waals surface area contributed by atoms with Crippen LogP contribution in [-0.4, -0.2) is 74.6 Å². The van der Waals surface area contributed by atoms with E-state index >= 15 is 0 Å². The molecular weight excluding hydrogens is 396 g/mol. The predicted molar refractivity (Wildman–Crippen MR) is 106 cm³/mol. The molecule has 168 valence electrons. The molecule has 0 spiro atoms. The van der Waals surface area contributed by atoms with Gasteiger partial charge in [-0.15, -0.1) is 0 Å². The topological polar surface area (TPSA) is 200 Å². The Balaban J connectivity index is 2.89. The summed E-state index contributed by atoms with van der Waals surface area (Å²) in [4.78, 5) is 54.9. The fraction of sp³-hybridized carbons (Fsp3) is 0.611. The number of aliphatic carboxylic acids is 1. The van der Waals surface area contributed by atoms with Crippen LogP contribution in [-0.2, 0) is 25.6 Å². The van der Waals surface area contributed by atoms with Crippen molar-refractivity contribution >= 4 is 23.7 Å². The molecule has 4 atom stereocenters. The van der Waals surface area contributed by atoms with Crippen LogP contribution in [0.4, 0.5) is 0 Å². The van der Waals surface area contributed by atoms with Crippen molar-refractivity contribution < 1.29 is 29.4 Å². The monoisotopic (exact) mass is 426 g/mol. The Hall–Kier alpha value is -2.99. The summed E-state index contributed by atoms with van der Waals surface area (Å²) in [7, 11) is 0. The van der Waals surface area contributed by atoms with Crippen molar-refractivity contribution in [2.45, 2.75) is 57.8 Å². The molecule has 0 saturated heterocycles. The maximum Gasteiger partial charge on any atom is 0.326 e. The highest BCUT2D eigenvalue weighted by Gasteiger charge is 2.32. The van der Waals surface area contributed by atoms with Gasteiger partial charge in [-0.2, -0.15) is 0 Å². The zero-order chi connectivity index (χ0) is 22.8.